The molecule has 0 bridgehead atoms. The van der Waals surface area contributed by atoms with Crippen LogP contribution in [0.25, 0.3) is 0 Å². The minimum absolute atomic E-state index is 0.315. The summed E-state index contributed by atoms with van der Waals surface area (Å²) in [5.41, 5.74) is 6.87. The van der Waals surface area contributed by atoms with Gasteiger partial charge in [0.1, 0.15) is 23.3 Å². The number of nitrogens with two attached hydrogens (primary N) is 1. The largest absolute Gasteiger partial charge is 0.496 e. The van der Waals surface area contributed by atoms with Crippen LogP contribution >= 0.6 is 0 Å². The number of methoxy groups -OCH3 is 4. The fraction of sp³-hybridized carbons (Fsp3) is 0.611. The number of esters is 1. The summed E-state index contributed by atoms with van der Waals surface area (Å²) in [6, 6.07) is 3.11. The molecular formula is C18H29NO5. The Bertz CT molecular complexity index is 507. The van der Waals surface area contributed by atoms with E-state index < -0.39 is 6.04 Å². The minimum Gasteiger partial charge on any atom is -0.496 e. The van der Waals surface area contributed by atoms with Crippen LogP contribution in [-0.4, -0.2) is 40.5 Å². The van der Waals surface area contributed by atoms with Gasteiger partial charge < -0.3 is 24.7 Å². The van der Waals surface area contributed by atoms with Crippen molar-refractivity contribution in [1.82, 2.24) is 0 Å². The van der Waals surface area contributed by atoms with Gasteiger partial charge in [0.05, 0.1) is 28.4 Å². The van der Waals surface area contributed by atoms with Crippen molar-refractivity contribution in [2.75, 3.05) is 28.4 Å². The maximum Gasteiger partial charge on any atom is 0.322 e. The predicted octanol–water partition coefficient (Wildman–Crippen LogP) is 2.56. The Morgan fingerprint density at radius 2 is 1.67 bits per heavy atom. The number of carbonyl (C=O) groups is 1. The van der Waals surface area contributed by atoms with Crippen molar-refractivity contribution in [3.8, 4) is 17.2 Å². The molecule has 0 aliphatic heterocycles. The number of benzene rings is 1. The molecule has 0 aliphatic carbocycles. The molecule has 0 heterocycles. The van der Waals surface area contributed by atoms with Crippen LogP contribution in [0.15, 0.2) is 12.1 Å². The molecule has 0 aliphatic rings. The molecule has 2 unspecified atom stereocenters. The van der Waals surface area contributed by atoms with Crippen LogP contribution in [-0.2, 0) is 16.0 Å². The molecule has 1 aromatic carbocycles. The molecule has 1 rings (SSSR count). The highest BCUT2D eigenvalue weighted by molar-refractivity contribution is 5.75. The summed E-state index contributed by atoms with van der Waals surface area (Å²) in [4.78, 5) is 11.5. The fourth-order valence-electron chi connectivity index (χ4n) is 2.77. The van der Waals surface area contributed by atoms with Crippen LogP contribution in [0.2, 0.25) is 0 Å². The van der Waals surface area contributed by atoms with E-state index in [2.05, 4.69) is 6.92 Å². The summed E-state index contributed by atoms with van der Waals surface area (Å²) in [6.45, 7) is 2.09. The van der Waals surface area contributed by atoms with Gasteiger partial charge >= 0.3 is 5.97 Å². The van der Waals surface area contributed by atoms with Gasteiger partial charge in [-0.3, -0.25) is 4.79 Å². The van der Waals surface area contributed by atoms with Crippen LogP contribution in [0.1, 0.15) is 31.7 Å². The first kappa shape index (κ1) is 20.1. The third-order valence-electron chi connectivity index (χ3n) is 4.29. The van der Waals surface area contributed by atoms with Crippen molar-refractivity contribution >= 4 is 5.97 Å². The lowest BCUT2D eigenvalue weighted by molar-refractivity contribution is -0.142. The Balaban J connectivity index is 2.85. The van der Waals surface area contributed by atoms with Gasteiger partial charge in [0, 0.05) is 17.7 Å². The van der Waals surface area contributed by atoms with E-state index in [1.54, 1.807) is 21.3 Å². The van der Waals surface area contributed by atoms with Crippen molar-refractivity contribution in [2.24, 2.45) is 11.7 Å². The third-order valence-corrected chi connectivity index (χ3v) is 4.29. The van der Waals surface area contributed by atoms with Crippen molar-refractivity contribution in [2.45, 2.75) is 38.6 Å². The Morgan fingerprint density at radius 1 is 1.08 bits per heavy atom. The van der Waals surface area contributed by atoms with Crippen molar-refractivity contribution < 1.29 is 23.7 Å². The summed E-state index contributed by atoms with van der Waals surface area (Å²) in [7, 11) is 6.22. The van der Waals surface area contributed by atoms with E-state index in [9.17, 15) is 4.79 Å². The van der Waals surface area contributed by atoms with Gasteiger partial charge in [0.2, 0.25) is 0 Å². The van der Waals surface area contributed by atoms with E-state index in [1.807, 2.05) is 12.1 Å². The van der Waals surface area contributed by atoms with Crippen molar-refractivity contribution in [3.05, 3.63) is 17.7 Å². The quantitative estimate of drug-likeness (QED) is 0.660. The van der Waals surface area contributed by atoms with Crippen molar-refractivity contribution in [1.29, 1.82) is 0 Å². The third kappa shape index (κ3) is 5.30. The number of hydrogen-bond acceptors (Lipinski definition) is 6. The molecule has 2 N–H and O–H groups in total. The highest BCUT2D eigenvalue weighted by Gasteiger charge is 2.20. The van der Waals surface area contributed by atoms with Crippen LogP contribution in [0.5, 0.6) is 17.2 Å². The number of rotatable bonds is 10. The lowest BCUT2D eigenvalue weighted by atomic mass is 9.90. The number of carbonyl (C=O) groups excluding carboxylic acids is 1. The monoisotopic (exact) mass is 339 g/mol. The molecule has 24 heavy (non-hydrogen) atoms. The smallest absolute Gasteiger partial charge is 0.322 e. The highest BCUT2D eigenvalue weighted by Crippen LogP contribution is 2.36. The van der Waals surface area contributed by atoms with E-state index >= 15 is 0 Å². The maximum absolute atomic E-state index is 11.5. The van der Waals surface area contributed by atoms with Gasteiger partial charge in [-0.2, -0.15) is 0 Å². The van der Waals surface area contributed by atoms with Crippen LogP contribution in [0.4, 0.5) is 0 Å². The second-order valence-corrected chi connectivity index (χ2v) is 5.69. The zero-order chi connectivity index (χ0) is 18.1. The standard InChI is InChI=1S/C18H29NO5/c1-6-12(9-15(19)18(20)24-5)7-8-14-16(22-3)10-13(21-2)11-17(14)23-4/h10-12,15H,6-9,19H2,1-5H3. The lowest BCUT2D eigenvalue weighted by Crippen LogP contribution is -2.33. The molecule has 1 aromatic rings. The van der Waals surface area contributed by atoms with E-state index in [0.29, 0.717) is 18.1 Å². The Labute approximate surface area is 144 Å². The van der Waals surface area contributed by atoms with E-state index in [4.69, 9.17) is 24.7 Å². The molecule has 0 spiro atoms. The first-order valence-electron chi connectivity index (χ1n) is 8.12. The summed E-state index contributed by atoms with van der Waals surface area (Å²) < 4.78 is 20.9. The molecule has 0 fully saturated rings. The molecule has 2 atom stereocenters. The van der Waals surface area contributed by atoms with Gasteiger partial charge in [0.15, 0.2) is 0 Å². The van der Waals surface area contributed by atoms with E-state index in [-0.39, 0.29) is 5.97 Å². The molecule has 0 saturated heterocycles. The van der Waals surface area contributed by atoms with Gasteiger partial charge in [-0.25, -0.2) is 0 Å². The Hall–Kier alpha value is -1.95. The first-order valence-corrected chi connectivity index (χ1v) is 8.12. The first-order chi connectivity index (χ1) is 11.5. The fourth-order valence-corrected chi connectivity index (χ4v) is 2.77. The highest BCUT2D eigenvalue weighted by atomic mass is 16.5. The van der Waals surface area contributed by atoms with Gasteiger partial charge in [-0.1, -0.05) is 13.3 Å². The summed E-state index contributed by atoms with van der Waals surface area (Å²) >= 11 is 0. The zero-order valence-corrected chi connectivity index (χ0v) is 15.3. The second kappa shape index (κ2) is 10.0. The molecule has 0 saturated carbocycles. The maximum atomic E-state index is 11.5. The normalized spacial score (nSPS) is 13.1. The summed E-state index contributed by atoms with van der Waals surface area (Å²) in [6.07, 6.45) is 3.18. The predicted molar refractivity (Wildman–Crippen MR) is 92.8 cm³/mol. The Kier molecular flexibility index (Phi) is 8.40. The molecule has 0 amide bonds. The SMILES string of the molecule is CCC(CCc1c(OC)cc(OC)cc1OC)CC(N)C(=O)OC. The van der Waals surface area contributed by atoms with Gasteiger partial charge in [0.25, 0.3) is 0 Å². The zero-order valence-electron chi connectivity index (χ0n) is 15.3. The molecule has 0 aromatic heterocycles. The summed E-state index contributed by atoms with van der Waals surface area (Å²) in [5.74, 6) is 2.10. The van der Waals surface area contributed by atoms with E-state index in [1.165, 1.54) is 7.11 Å². The van der Waals surface area contributed by atoms with Crippen molar-refractivity contribution in [3.63, 3.8) is 0 Å². The molecule has 6 heteroatoms. The van der Waals surface area contributed by atoms with Crippen LogP contribution < -0.4 is 19.9 Å². The minimum atomic E-state index is -0.584. The number of ether oxygens (including phenoxy) is 4. The molecular weight excluding hydrogens is 310 g/mol. The van der Waals surface area contributed by atoms with Crippen LogP contribution in [0, 0.1) is 5.92 Å². The summed E-state index contributed by atoms with van der Waals surface area (Å²) in [5, 5.41) is 0. The lowest BCUT2D eigenvalue weighted by Gasteiger charge is -2.20. The average Bonchev–Trinajstić information content (AvgIpc) is 2.63. The molecule has 6 nitrogen and oxygen atoms in total. The second-order valence-electron chi connectivity index (χ2n) is 5.69. The number of hydrogen-bond donors (Lipinski definition) is 1. The van der Waals surface area contributed by atoms with Crippen LogP contribution in [0.3, 0.4) is 0 Å². The molecule has 0 radical (unpaired) electrons. The van der Waals surface area contributed by atoms with Gasteiger partial charge in [-0.15, -0.1) is 0 Å². The topological polar surface area (TPSA) is 80.0 Å². The Morgan fingerprint density at radius 3 is 2.08 bits per heavy atom. The van der Waals surface area contributed by atoms with Gasteiger partial charge in [-0.05, 0) is 25.2 Å². The molecule has 136 valence electrons. The average molecular weight is 339 g/mol. The van der Waals surface area contributed by atoms with E-state index in [0.717, 1.165) is 36.3 Å².